The standard InChI is InChI=1S/C9H16N4/c10-6-9(4-2-1-3-5-9)13-8-11-7-12-13/h7-8H,1-6,10H2. The van der Waals surface area contributed by atoms with Gasteiger partial charge in [-0.15, -0.1) is 0 Å². The molecule has 0 radical (unpaired) electrons. The fourth-order valence-corrected chi connectivity index (χ4v) is 2.19. The second kappa shape index (κ2) is 3.46. The number of hydrogen-bond donors (Lipinski definition) is 1. The van der Waals surface area contributed by atoms with Gasteiger partial charge in [0.15, 0.2) is 0 Å². The maximum atomic E-state index is 5.84. The highest BCUT2D eigenvalue weighted by Gasteiger charge is 2.32. The van der Waals surface area contributed by atoms with Gasteiger partial charge in [0, 0.05) is 6.54 Å². The zero-order valence-electron chi connectivity index (χ0n) is 7.82. The minimum Gasteiger partial charge on any atom is -0.328 e. The molecule has 0 bridgehead atoms. The lowest BCUT2D eigenvalue weighted by atomic mass is 9.82. The summed E-state index contributed by atoms with van der Waals surface area (Å²) in [7, 11) is 0. The van der Waals surface area contributed by atoms with E-state index >= 15 is 0 Å². The van der Waals surface area contributed by atoms with Crippen LogP contribution < -0.4 is 5.73 Å². The predicted octanol–water partition coefficient (Wildman–Crippen LogP) is 0.896. The van der Waals surface area contributed by atoms with Crippen LogP contribution in [-0.4, -0.2) is 21.3 Å². The Morgan fingerprint density at radius 3 is 2.62 bits per heavy atom. The van der Waals surface area contributed by atoms with E-state index in [0.717, 1.165) is 12.8 Å². The van der Waals surface area contributed by atoms with Crippen LogP contribution in [0.3, 0.4) is 0 Å². The smallest absolute Gasteiger partial charge is 0.137 e. The fourth-order valence-electron chi connectivity index (χ4n) is 2.19. The first-order chi connectivity index (χ1) is 6.37. The average molecular weight is 180 g/mol. The molecule has 72 valence electrons. The lowest BCUT2D eigenvalue weighted by Crippen LogP contribution is -2.43. The molecule has 1 aliphatic carbocycles. The van der Waals surface area contributed by atoms with E-state index in [1.165, 1.54) is 19.3 Å². The third kappa shape index (κ3) is 1.46. The Morgan fingerprint density at radius 2 is 2.08 bits per heavy atom. The van der Waals surface area contributed by atoms with E-state index in [4.69, 9.17) is 5.73 Å². The van der Waals surface area contributed by atoms with E-state index in [1.54, 1.807) is 12.7 Å². The van der Waals surface area contributed by atoms with Crippen molar-refractivity contribution in [2.45, 2.75) is 37.6 Å². The van der Waals surface area contributed by atoms with E-state index in [2.05, 4.69) is 10.1 Å². The monoisotopic (exact) mass is 180 g/mol. The quantitative estimate of drug-likeness (QED) is 0.735. The van der Waals surface area contributed by atoms with E-state index in [0.29, 0.717) is 6.54 Å². The summed E-state index contributed by atoms with van der Waals surface area (Å²) in [6.45, 7) is 0.677. The van der Waals surface area contributed by atoms with Gasteiger partial charge in [-0.25, -0.2) is 9.67 Å². The minimum absolute atomic E-state index is 0.0642. The molecule has 4 heteroatoms. The van der Waals surface area contributed by atoms with Crippen LogP contribution >= 0.6 is 0 Å². The molecule has 1 fully saturated rings. The normalized spacial score (nSPS) is 21.6. The van der Waals surface area contributed by atoms with Gasteiger partial charge in [0.05, 0.1) is 5.54 Å². The van der Waals surface area contributed by atoms with Gasteiger partial charge in [0.1, 0.15) is 12.7 Å². The molecule has 0 aliphatic heterocycles. The number of aromatic nitrogens is 3. The number of rotatable bonds is 2. The zero-order chi connectivity index (χ0) is 9.15. The second-order valence-corrected chi connectivity index (χ2v) is 3.83. The highest BCUT2D eigenvalue weighted by molar-refractivity contribution is 4.89. The van der Waals surface area contributed by atoms with E-state index in [-0.39, 0.29) is 5.54 Å². The third-order valence-corrected chi connectivity index (χ3v) is 3.07. The molecule has 1 aromatic rings. The van der Waals surface area contributed by atoms with Crippen molar-refractivity contribution in [3.63, 3.8) is 0 Å². The molecule has 2 N–H and O–H groups in total. The van der Waals surface area contributed by atoms with E-state index in [9.17, 15) is 0 Å². The van der Waals surface area contributed by atoms with Crippen molar-refractivity contribution < 1.29 is 0 Å². The topological polar surface area (TPSA) is 56.7 Å². The van der Waals surface area contributed by atoms with Crippen LogP contribution in [0.4, 0.5) is 0 Å². The Labute approximate surface area is 78.1 Å². The van der Waals surface area contributed by atoms with Gasteiger partial charge in [0.2, 0.25) is 0 Å². The van der Waals surface area contributed by atoms with Crippen molar-refractivity contribution in [2.75, 3.05) is 6.54 Å². The summed E-state index contributed by atoms with van der Waals surface area (Å²) in [6, 6.07) is 0. The van der Waals surface area contributed by atoms with Gasteiger partial charge < -0.3 is 5.73 Å². The Balaban J connectivity index is 2.23. The molecule has 1 saturated carbocycles. The summed E-state index contributed by atoms with van der Waals surface area (Å²) in [5.41, 5.74) is 5.91. The molecule has 2 rings (SSSR count). The molecule has 4 nitrogen and oxygen atoms in total. The zero-order valence-corrected chi connectivity index (χ0v) is 7.82. The second-order valence-electron chi connectivity index (χ2n) is 3.83. The predicted molar refractivity (Wildman–Crippen MR) is 50.1 cm³/mol. The average Bonchev–Trinajstić information content (AvgIpc) is 2.72. The van der Waals surface area contributed by atoms with Gasteiger partial charge in [0.25, 0.3) is 0 Å². The molecular formula is C9H16N4. The molecule has 0 spiro atoms. The van der Waals surface area contributed by atoms with Crippen LogP contribution in [0.1, 0.15) is 32.1 Å². The van der Waals surface area contributed by atoms with Gasteiger partial charge in [-0.1, -0.05) is 19.3 Å². The molecule has 13 heavy (non-hydrogen) atoms. The first-order valence-corrected chi connectivity index (χ1v) is 4.93. The summed E-state index contributed by atoms with van der Waals surface area (Å²) in [6.07, 6.45) is 9.52. The molecule has 1 aliphatic rings. The molecular weight excluding hydrogens is 164 g/mol. The Morgan fingerprint density at radius 1 is 1.31 bits per heavy atom. The lowest BCUT2D eigenvalue weighted by Gasteiger charge is -2.35. The van der Waals surface area contributed by atoms with Crippen LogP contribution in [0.25, 0.3) is 0 Å². The van der Waals surface area contributed by atoms with Crippen molar-refractivity contribution in [1.82, 2.24) is 14.8 Å². The Kier molecular flexibility index (Phi) is 2.31. The number of nitrogens with two attached hydrogens (primary N) is 1. The molecule has 0 aromatic carbocycles. The van der Waals surface area contributed by atoms with Crippen molar-refractivity contribution in [3.05, 3.63) is 12.7 Å². The molecule has 0 unspecified atom stereocenters. The van der Waals surface area contributed by atoms with Gasteiger partial charge >= 0.3 is 0 Å². The molecule has 0 amide bonds. The van der Waals surface area contributed by atoms with Crippen molar-refractivity contribution >= 4 is 0 Å². The highest BCUT2D eigenvalue weighted by atomic mass is 15.4. The number of nitrogens with zero attached hydrogens (tertiary/aromatic N) is 3. The SMILES string of the molecule is NCC1(n2cncn2)CCCCC1. The maximum Gasteiger partial charge on any atom is 0.137 e. The summed E-state index contributed by atoms with van der Waals surface area (Å²) in [5.74, 6) is 0. The molecule has 0 saturated heterocycles. The van der Waals surface area contributed by atoms with Crippen LogP contribution in [0.2, 0.25) is 0 Å². The first-order valence-electron chi connectivity index (χ1n) is 4.93. The fraction of sp³-hybridized carbons (Fsp3) is 0.778. The van der Waals surface area contributed by atoms with Crippen LogP contribution in [0.5, 0.6) is 0 Å². The first kappa shape index (κ1) is 8.69. The summed E-state index contributed by atoms with van der Waals surface area (Å²) in [4.78, 5) is 3.99. The minimum atomic E-state index is 0.0642. The Hall–Kier alpha value is -0.900. The largest absolute Gasteiger partial charge is 0.328 e. The van der Waals surface area contributed by atoms with E-state index < -0.39 is 0 Å². The summed E-state index contributed by atoms with van der Waals surface area (Å²) in [5, 5.41) is 4.21. The van der Waals surface area contributed by atoms with Crippen LogP contribution in [0, 0.1) is 0 Å². The Bertz CT molecular complexity index is 249. The third-order valence-electron chi connectivity index (χ3n) is 3.07. The maximum absolute atomic E-state index is 5.84. The lowest BCUT2D eigenvalue weighted by molar-refractivity contribution is 0.182. The molecule has 1 aromatic heterocycles. The summed E-state index contributed by atoms with van der Waals surface area (Å²) >= 11 is 0. The summed E-state index contributed by atoms with van der Waals surface area (Å²) < 4.78 is 1.95. The van der Waals surface area contributed by atoms with Crippen molar-refractivity contribution in [3.8, 4) is 0 Å². The van der Waals surface area contributed by atoms with Gasteiger partial charge in [-0.05, 0) is 12.8 Å². The molecule has 1 heterocycles. The van der Waals surface area contributed by atoms with Gasteiger partial charge in [-0.3, -0.25) is 0 Å². The highest BCUT2D eigenvalue weighted by Crippen LogP contribution is 2.32. The van der Waals surface area contributed by atoms with Crippen LogP contribution in [-0.2, 0) is 5.54 Å². The van der Waals surface area contributed by atoms with Crippen molar-refractivity contribution in [2.24, 2.45) is 5.73 Å². The van der Waals surface area contributed by atoms with Crippen molar-refractivity contribution in [1.29, 1.82) is 0 Å². The number of hydrogen-bond acceptors (Lipinski definition) is 3. The molecule has 0 atom stereocenters. The van der Waals surface area contributed by atoms with Gasteiger partial charge in [-0.2, -0.15) is 5.10 Å². The van der Waals surface area contributed by atoms with Crippen LogP contribution in [0.15, 0.2) is 12.7 Å². The van der Waals surface area contributed by atoms with E-state index in [1.807, 2.05) is 4.68 Å².